The highest BCUT2D eigenvalue weighted by atomic mass is 19.4. The minimum absolute atomic E-state index is 0.247. The van der Waals surface area contributed by atoms with Gasteiger partial charge in [0.1, 0.15) is 5.69 Å². The van der Waals surface area contributed by atoms with Crippen LogP contribution in [0.1, 0.15) is 38.4 Å². The van der Waals surface area contributed by atoms with E-state index in [4.69, 9.17) is 0 Å². The molecule has 1 rings (SSSR count). The predicted molar refractivity (Wildman–Crippen MR) is 52.6 cm³/mol. The fourth-order valence-electron chi connectivity index (χ4n) is 1.21. The van der Waals surface area contributed by atoms with E-state index >= 15 is 0 Å². The van der Waals surface area contributed by atoms with Crippen LogP contribution in [0.5, 0.6) is 0 Å². The standard InChI is InChI=1S/C11H14F3N/c1-4-10(2,3)8-5-6-15-9(7-8)11(12,13)14/h5-7H,4H2,1-3H3. The summed E-state index contributed by atoms with van der Waals surface area (Å²) in [5, 5.41) is 0. The molecule has 0 aromatic carbocycles. The van der Waals surface area contributed by atoms with Crippen molar-refractivity contribution in [1.29, 1.82) is 0 Å². The topological polar surface area (TPSA) is 12.9 Å². The molecule has 1 aromatic heterocycles. The molecule has 1 aromatic rings. The molecule has 0 radical (unpaired) electrons. The fourth-order valence-corrected chi connectivity index (χ4v) is 1.21. The van der Waals surface area contributed by atoms with E-state index in [1.807, 2.05) is 20.8 Å². The first kappa shape index (κ1) is 12.0. The monoisotopic (exact) mass is 217 g/mol. The lowest BCUT2D eigenvalue weighted by molar-refractivity contribution is -0.141. The quantitative estimate of drug-likeness (QED) is 0.734. The molecule has 0 saturated carbocycles. The normalized spacial score (nSPS) is 12.9. The molecule has 1 nitrogen and oxygen atoms in total. The van der Waals surface area contributed by atoms with E-state index in [1.54, 1.807) is 6.07 Å². The van der Waals surface area contributed by atoms with Crippen LogP contribution in [0.4, 0.5) is 13.2 Å². The second-order valence-electron chi connectivity index (χ2n) is 4.16. The molecule has 0 amide bonds. The van der Waals surface area contributed by atoms with Gasteiger partial charge in [0.25, 0.3) is 0 Å². The number of aromatic nitrogens is 1. The minimum atomic E-state index is -4.36. The third-order valence-electron chi connectivity index (χ3n) is 2.72. The van der Waals surface area contributed by atoms with E-state index < -0.39 is 11.9 Å². The summed E-state index contributed by atoms with van der Waals surface area (Å²) in [5.74, 6) is 0. The van der Waals surface area contributed by atoms with Crippen LogP contribution in [0.2, 0.25) is 0 Å². The largest absolute Gasteiger partial charge is 0.433 e. The average molecular weight is 217 g/mol. The van der Waals surface area contributed by atoms with Crippen LogP contribution >= 0.6 is 0 Å². The molecule has 0 bridgehead atoms. The first-order valence-electron chi connectivity index (χ1n) is 4.81. The van der Waals surface area contributed by atoms with Crippen molar-refractivity contribution in [1.82, 2.24) is 4.98 Å². The summed E-state index contributed by atoms with van der Waals surface area (Å²) in [4.78, 5) is 3.33. The Balaban J connectivity index is 3.14. The van der Waals surface area contributed by atoms with Gasteiger partial charge in [0.2, 0.25) is 0 Å². The van der Waals surface area contributed by atoms with Crippen molar-refractivity contribution in [3.05, 3.63) is 29.6 Å². The number of hydrogen-bond donors (Lipinski definition) is 0. The van der Waals surface area contributed by atoms with Gasteiger partial charge in [0.05, 0.1) is 0 Å². The van der Waals surface area contributed by atoms with Crippen LogP contribution in [0, 0.1) is 0 Å². The Morgan fingerprint density at radius 3 is 2.33 bits per heavy atom. The average Bonchev–Trinajstić information content (AvgIpc) is 2.17. The van der Waals surface area contributed by atoms with Crippen molar-refractivity contribution in [2.45, 2.75) is 38.8 Å². The summed E-state index contributed by atoms with van der Waals surface area (Å²) in [7, 11) is 0. The highest BCUT2D eigenvalue weighted by molar-refractivity contribution is 5.25. The first-order valence-corrected chi connectivity index (χ1v) is 4.81. The van der Waals surface area contributed by atoms with E-state index in [1.165, 1.54) is 6.20 Å². The predicted octanol–water partition coefficient (Wildman–Crippen LogP) is 3.79. The van der Waals surface area contributed by atoms with Crippen LogP contribution in [0.15, 0.2) is 18.3 Å². The summed E-state index contributed by atoms with van der Waals surface area (Å²) in [6, 6.07) is 2.77. The van der Waals surface area contributed by atoms with Gasteiger partial charge in [-0.1, -0.05) is 20.8 Å². The van der Waals surface area contributed by atoms with Crippen molar-refractivity contribution in [3.8, 4) is 0 Å². The molecule has 0 fully saturated rings. The number of pyridine rings is 1. The zero-order valence-corrected chi connectivity index (χ0v) is 9.02. The third-order valence-corrected chi connectivity index (χ3v) is 2.72. The molecular weight excluding hydrogens is 203 g/mol. The smallest absolute Gasteiger partial charge is 0.252 e. The molecule has 0 aliphatic carbocycles. The summed E-state index contributed by atoms with van der Waals surface area (Å²) >= 11 is 0. The fraction of sp³-hybridized carbons (Fsp3) is 0.545. The Bertz CT molecular complexity index is 342. The molecule has 0 spiro atoms. The van der Waals surface area contributed by atoms with Gasteiger partial charge in [-0.05, 0) is 29.5 Å². The number of rotatable bonds is 2. The lowest BCUT2D eigenvalue weighted by Gasteiger charge is -2.23. The Hall–Kier alpha value is -1.06. The van der Waals surface area contributed by atoms with Crippen LogP contribution < -0.4 is 0 Å². The van der Waals surface area contributed by atoms with E-state index in [0.717, 1.165) is 12.5 Å². The number of nitrogens with zero attached hydrogens (tertiary/aromatic N) is 1. The molecule has 0 unspecified atom stereocenters. The Morgan fingerprint density at radius 2 is 1.87 bits per heavy atom. The lowest BCUT2D eigenvalue weighted by atomic mass is 9.82. The second kappa shape index (κ2) is 3.83. The van der Waals surface area contributed by atoms with E-state index in [2.05, 4.69) is 4.98 Å². The molecule has 0 saturated heterocycles. The molecule has 0 atom stereocenters. The maximum absolute atomic E-state index is 12.4. The third kappa shape index (κ3) is 2.70. The molecule has 0 aliphatic heterocycles. The van der Waals surface area contributed by atoms with Crippen LogP contribution in [0.25, 0.3) is 0 Å². The Kier molecular flexibility index (Phi) is 3.07. The van der Waals surface area contributed by atoms with Gasteiger partial charge >= 0.3 is 6.18 Å². The van der Waals surface area contributed by atoms with Crippen molar-refractivity contribution in [2.24, 2.45) is 0 Å². The molecule has 4 heteroatoms. The van der Waals surface area contributed by atoms with Gasteiger partial charge in [-0.3, -0.25) is 4.98 Å². The van der Waals surface area contributed by atoms with Crippen molar-refractivity contribution >= 4 is 0 Å². The van der Waals surface area contributed by atoms with Crippen LogP contribution in [0.3, 0.4) is 0 Å². The SMILES string of the molecule is CCC(C)(C)c1ccnc(C(F)(F)F)c1. The van der Waals surface area contributed by atoms with Gasteiger partial charge in [0.15, 0.2) is 0 Å². The lowest BCUT2D eigenvalue weighted by Crippen LogP contribution is -2.17. The van der Waals surface area contributed by atoms with Gasteiger partial charge in [0, 0.05) is 6.20 Å². The van der Waals surface area contributed by atoms with Crippen molar-refractivity contribution in [2.75, 3.05) is 0 Å². The molecule has 0 N–H and O–H groups in total. The number of alkyl halides is 3. The summed E-state index contributed by atoms with van der Waals surface area (Å²) in [5.41, 5.74) is -0.392. The van der Waals surface area contributed by atoms with E-state index in [0.29, 0.717) is 5.56 Å². The zero-order valence-electron chi connectivity index (χ0n) is 9.02. The maximum atomic E-state index is 12.4. The molecule has 15 heavy (non-hydrogen) atoms. The number of hydrogen-bond acceptors (Lipinski definition) is 1. The van der Waals surface area contributed by atoms with Gasteiger partial charge in [-0.2, -0.15) is 13.2 Å². The van der Waals surface area contributed by atoms with Crippen LogP contribution in [-0.4, -0.2) is 4.98 Å². The summed E-state index contributed by atoms with van der Waals surface area (Å²) in [6.45, 7) is 5.79. The molecule has 1 heterocycles. The van der Waals surface area contributed by atoms with E-state index in [-0.39, 0.29) is 5.41 Å². The van der Waals surface area contributed by atoms with Crippen molar-refractivity contribution < 1.29 is 13.2 Å². The van der Waals surface area contributed by atoms with Gasteiger partial charge in [-0.15, -0.1) is 0 Å². The minimum Gasteiger partial charge on any atom is -0.252 e. The zero-order chi connectivity index (χ0) is 11.7. The summed E-state index contributed by atoms with van der Waals surface area (Å²) in [6.07, 6.45) is -2.36. The first-order chi connectivity index (χ1) is 6.77. The molecule has 84 valence electrons. The highest BCUT2D eigenvalue weighted by Gasteiger charge is 2.33. The van der Waals surface area contributed by atoms with Gasteiger partial charge < -0.3 is 0 Å². The molecule has 0 aliphatic rings. The van der Waals surface area contributed by atoms with E-state index in [9.17, 15) is 13.2 Å². The summed E-state index contributed by atoms with van der Waals surface area (Å²) < 4.78 is 37.2. The Labute approximate surface area is 87.3 Å². The molecular formula is C11H14F3N. The van der Waals surface area contributed by atoms with Crippen molar-refractivity contribution in [3.63, 3.8) is 0 Å². The highest BCUT2D eigenvalue weighted by Crippen LogP contribution is 2.32. The Morgan fingerprint density at radius 1 is 1.27 bits per heavy atom. The maximum Gasteiger partial charge on any atom is 0.433 e. The number of halogens is 3. The second-order valence-corrected chi connectivity index (χ2v) is 4.16. The van der Waals surface area contributed by atoms with Gasteiger partial charge in [-0.25, -0.2) is 0 Å². The van der Waals surface area contributed by atoms with Crippen LogP contribution in [-0.2, 0) is 11.6 Å².